The van der Waals surface area contributed by atoms with Crippen LogP contribution in [-0.2, 0) is 8.85 Å². The van der Waals surface area contributed by atoms with Crippen molar-refractivity contribution in [3.05, 3.63) is 48.0 Å². The largest absolute Gasteiger partial charge is 0.543 e. The van der Waals surface area contributed by atoms with E-state index in [0.717, 1.165) is 22.6 Å². The summed E-state index contributed by atoms with van der Waals surface area (Å²) in [5.41, 5.74) is 1.69. The Hall–Kier alpha value is -0.789. The number of fused-ring (bicyclic) bond motifs is 2. The standard InChI is InChI=1S/C20H26O2Si3/c1-25(2,19-11-9-13-15(19)5-3-7-17(13)21-23)20-12-10-14-16(20)6-4-8-18(14)22-24/h3-8,13-16,19-20H,9-12H2,1-2H3. The first kappa shape index (κ1) is 17.6. The highest BCUT2D eigenvalue weighted by Crippen LogP contribution is 2.60. The molecule has 2 saturated carbocycles. The van der Waals surface area contributed by atoms with Crippen molar-refractivity contribution in [2.24, 2.45) is 23.7 Å². The van der Waals surface area contributed by atoms with Crippen LogP contribution in [-0.4, -0.2) is 29.0 Å². The molecular formula is C20H26O2Si3. The molecule has 6 unspecified atom stereocenters. The predicted molar refractivity (Wildman–Crippen MR) is 106 cm³/mol. The Morgan fingerprint density at radius 2 is 1.24 bits per heavy atom. The quantitative estimate of drug-likeness (QED) is 0.662. The van der Waals surface area contributed by atoms with E-state index in [2.05, 4.69) is 70.5 Å². The van der Waals surface area contributed by atoms with Gasteiger partial charge in [0.2, 0.25) is 0 Å². The minimum absolute atomic E-state index is 0.569. The molecule has 6 radical (unpaired) electrons. The van der Waals surface area contributed by atoms with Gasteiger partial charge in [-0.2, -0.15) is 0 Å². The van der Waals surface area contributed by atoms with Gasteiger partial charge in [0.15, 0.2) is 0 Å². The van der Waals surface area contributed by atoms with Crippen LogP contribution in [0.3, 0.4) is 0 Å². The fraction of sp³-hybridized carbons (Fsp3) is 0.600. The molecule has 2 nitrogen and oxygen atoms in total. The Balaban J connectivity index is 1.57. The van der Waals surface area contributed by atoms with Gasteiger partial charge in [-0.1, -0.05) is 50.2 Å². The summed E-state index contributed by atoms with van der Waals surface area (Å²) in [7, 11) is 5.10. The maximum absolute atomic E-state index is 5.50. The molecule has 0 aromatic carbocycles. The third kappa shape index (κ3) is 2.79. The zero-order valence-electron chi connectivity index (χ0n) is 15.1. The molecule has 5 heteroatoms. The number of hydrogen-bond donors (Lipinski definition) is 0. The van der Waals surface area contributed by atoms with Crippen LogP contribution in [0.1, 0.15) is 25.7 Å². The van der Waals surface area contributed by atoms with E-state index >= 15 is 0 Å². The Labute approximate surface area is 159 Å². The summed E-state index contributed by atoms with van der Waals surface area (Å²) in [4.78, 5) is 0. The molecule has 0 saturated heterocycles. The highest BCUT2D eigenvalue weighted by molar-refractivity contribution is 6.80. The number of hydrogen-bond acceptors (Lipinski definition) is 2. The lowest BCUT2D eigenvalue weighted by atomic mass is 9.89. The predicted octanol–water partition coefficient (Wildman–Crippen LogP) is 4.60. The van der Waals surface area contributed by atoms with Crippen LogP contribution < -0.4 is 0 Å². The minimum atomic E-state index is -1.44. The zero-order chi connectivity index (χ0) is 17.6. The van der Waals surface area contributed by atoms with Crippen molar-refractivity contribution in [1.29, 1.82) is 0 Å². The van der Waals surface area contributed by atoms with Crippen LogP contribution >= 0.6 is 0 Å². The summed E-state index contributed by atoms with van der Waals surface area (Å²) in [5.74, 6) is 4.70. The summed E-state index contributed by atoms with van der Waals surface area (Å²) < 4.78 is 11.0. The molecule has 0 spiro atoms. The van der Waals surface area contributed by atoms with Crippen molar-refractivity contribution < 1.29 is 8.85 Å². The van der Waals surface area contributed by atoms with Crippen LogP contribution in [0, 0.1) is 23.7 Å². The highest BCUT2D eigenvalue weighted by atomic mass is 28.3. The molecule has 6 atom stereocenters. The van der Waals surface area contributed by atoms with Crippen LogP contribution in [0.15, 0.2) is 48.0 Å². The van der Waals surface area contributed by atoms with Gasteiger partial charge in [0.05, 0.1) is 19.6 Å². The first-order valence-corrected chi connectivity index (χ1v) is 13.5. The fourth-order valence-corrected chi connectivity index (χ4v) is 11.8. The van der Waals surface area contributed by atoms with Crippen molar-refractivity contribution >= 4 is 29.0 Å². The lowest BCUT2D eigenvalue weighted by Gasteiger charge is -2.42. The summed E-state index contributed by atoms with van der Waals surface area (Å²) in [6, 6.07) is 0. The van der Waals surface area contributed by atoms with E-state index < -0.39 is 8.07 Å². The van der Waals surface area contributed by atoms with E-state index in [0.29, 0.717) is 23.7 Å². The minimum Gasteiger partial charge on any atom is -0.543 e. The van der Waals surface area contributed by atoms with E-state index in [1.807, 2.05) is 0 Å². The van der Waals surface area contributed by atoms with E-state index in [9.17, 15) is 0 Å². The Morgan fingerprint density at radius 1 is 0.800 bits per heavy atom. The van der Waals surface area contributed by atoms with E-state index in [-0.39, 0.29) is 0 Å². The summed E-state index contributed by atoms with van der Waals surface area (Å²) in [6.07, 6.45) is 18.8. The second-order valence-corrected chi connectivity index (χ2v) is 14.2. The van der Waals surface area contributed by atoms with Crippen molar-refractivity contribution in [3.63, 3.8) is 0 Å². The number of rotatable bonds is 4. The molecular weight excluding hydrogens is 356 g/mol. The molecule has 25 heavy (non-hydrogen) atoms. The van der Waals surface area contributed by atoms with Crippen LogP contribution in [0.25, 0.3) is 0 Å². The van der Waals surface area contributed by atoms with Gasteiger partial charge in [-0.15, -0.1) is 0 Å². The zero-order valence-corrected chi connectivity index (χ0v) is 18.1. The smallest absolute Gasteiger partial charge is 0.340 e. The molecule has 0 bridgehead atoms. The monoisotopic (exact) mass is 382 g/mol. The second kappa shape index (κ2) is 6.74. The summed E-state index contributed by atoms with van der Waals surface area (Å²) in [5, 5.41) is 0. The van der Waals surface area contributed by atoms with E-state index in [4.69, 9.17) is 8.85 Å². The lowest BCUT2D eigenvalue weighted by Crippen LogP contribution is -2.42. The summed E-state index contributed by atoms with van der Waals surface area (Å²) >= 11 is 0. The van der Waals surface area contributed by atoms with Crippen molar-refractivity contribution in [3.8, 4) is 0 Å². The van der Waals surface area contributed by atoms with Gasteiger partial charge < -0.3 is 8.85 Å². The second-order valence-electron chi connectivity index (χ2n) is 8.67. The van der Waals surface area contributed by atoms with Crippen LogP contribution in [0.4, 0.5) is 0 Å². The van der Waals surface area contributed by atoms with Gasteiger partial charge in [0, 0.05) is 11.8 Å². The average Bonchev–Trinajstić information content (AvgIpc) is 3.25. The Bertz CT molecular complexity index is 595. The Morgan fingerprint density at radius 3 is 1.64 bits per heavy atom. The average molecular weight is 383 g/mol. The highest BCUT2D eigenvalue weighted by Gasteiger charge is 2.53. The third-order valence-electron chi connectivity index (χ3n) is 7.50. The molecule has 0 aliphatic heterocycles. The molecule has 130 valence electrons. The SMILES string of the molecule is C[Si](C)(C1CCC2C(O[Si])=CC=CC21)C1CCC2C(O[Si])=CC=CC21. The first-order chi connectivity index (χ1) is 12.1. The van der Waals surface area contributed by atoms with Crippen molar-refractivity contribution in [1.82, 2.24) is 0 Å². The molecule has 2 fully saturated rings. The van der Waals surface area contributed by atoms with E-state index in [1.54, 1.807) is 0 Å². The third-order valence-corrected chi connectivity index (χ3v) is 13.1. The topological polar surface area (TPSA) is 18.5 Å². The first-order valence-electron chi connectivity index (χ1n) is 9.51. The van der Waals surface area contributed by atoms with Crippen molar-refractivity contribution in [2.45, 2.75) is 49.9 Å². The summed E-state index contributed by atoms with van der Waals surface area (Å²) in [6.45, 7) is 5.29. The molecule has 0 aromatic heterocycles. The molecule has 0 N–H and O–H groups in total. The van der Waals surface area contributed by atoms with Gasteiger partial charge in [-0.25, -0.2) is 0 Å². The van der Waals surface area contributed by atoms with E-state index in [1.165, 1.54) is 25.7 Å². The maximum atomic E-state index is 5.50. The van der Waals surface area contributed by atoms with Gasteiger partial charge >= 0.3 is 21.0 Å². The molecule has 0 aromatic rings. The van der Waals surface area contributed by atoms with Crippen molar-refractivity contribution in [2.75, 3.05) is 0 Å². The molecule has 4 rings (SSSR count). The molecule has 0 heterocycles. The van der Waals surface area contributed by atoms with Crippen LogP contribution in [0.5, 0.6) is 0 Å². The van der Waals surface area contributed by atoms with Gasteiger partial charge in [-0.3, -0.25) is 0 Å². The lowest BCUT2D eigenvalue weighted by molar-refractivity contribution is 0.336. The van der Waals surface area contributed by atoms with Gasteiger partial charge in [-0.05, 0) is 47.9 Å². The number of allylic oxidation sites excluding steroid dienone is 8. The normalized spacial score (nSPS) is 39.5. The van der Waals surface area contributed by atoms with Gasteiger partial charge in [0.1, 0.15) is 0 Å². The van der Waals surface area contributed by atoms with Gasteiger partial charge in [0.25, 0.3) is 0 Å². The molecule has 0 amide bonds. The van der Waals surface area contributed by atoms with Crippen LogP contribution in [0.2, 0.25) is 24.2 Å². The maximum Gasteiger partial charge on any atom is 0.340 e. The Kier molecular flexibility index (Phi) is 4.75. The fourth-order valence-electron chi connectivity index (χ4n) is 6.28. The molecule has 4 aliphatic rings. The molecule has 4 aliphatic carbocycles.